The number of phenols is 2. The fourth-order valence-electron chi connectivity index (χ4n) is 4.11. The van der Waals surface area contributed by atoms with Crippen molar-refractivity contribution in [3.63, 3.8) is 0 Å². The van der Waals surface area contributed by atoms with Gasteiger partial charge in [0.1, 0.15) is 22.6 Å². The number of rotatable bonds is 4. The molecule has 0 unspecified atom stereocenters. The second-order valence-electron chi connectivity index (χ2n) is 7.85. The van der Waals surface area contributed by atoms with Gasteiger partial charge in [-0.15, -0.1) is 0 Å². The Morgan fingerprint density at radius 3 is 1.11 bits per heavy atom. The molecule has 0 saturated carbocycles. The summed E-state index contributed by atoms with van der Waals surface area (Å²) in [5.74, 6) is -4.11. The monoisotopic (exact) mass is 488 g/mol. The van der Waals surface area contributed by atoms with Crippen LogP contribution >= 0.6 is 0 Å². The fourth-order valence-corrected chi connectivity index (χ4v) is 4.11. The Morgan fingerprint density at radius 1 is 0.528 bits per heavy atom. The summed E-state index contributed by atoms with van der Waals surface area (Å²) in [6.07, 6.45) is 0. The summed E-state index contributed by atoms with van der Waals surface area (Å²) in [4.78, 5) is 74.9. The molecule has 12 heteroatoms. The van der Waals surface area contributed by atoms with Gasteiger partial charge in [0.25, 0.3) is 22.2 Å². The highest BCUT2D eigenvalue weighted by Crippen LogP contribution is 2.23. The van der Waals surface area contributed by atoms with Crippen LogP contribution in [0.15, 0.2) is 67.7 Å². The Morgan fingerprint density at radius 2 is 0.833 bits per heavy atom. The van der Waals surface area contributed by atoms with Crippen LogP contribution in [0, 0.1) is 0 Å². The van der Waals surface area contributed by atoms with Gasteiger partial charge in [0.15, 0.2) is 0 Å². The second-order valence-corrected chi connectivity index (χ2v) is 7.85. The third kappa shape index (κ3) is 3.01. The molecule has 0 aliphatic rings. The van der Waals surface area contributed by atoms with Gasteiger partial charge in [0.2, 0.25) is 0 Å². The zero-order valence-electron chi connectivity index (χ0n) is 17.8. The number of aromatic hydroxyl groups is 2. The van der Waals surface area contributed by atoms with Gasteiger partial charge in [-0.05, 0) is 48.5 Å². The molecule has 5 aromatic rings. The third-order valence-corrected chi connectivity index (χ3v) is 5.83. The molecule has 0 spiro atoms. The molecule has 0 aliphatic carbocycles. The number of nitrogens with zero attached hydrogens (tertiary/aromatic N) is 2. The van der Waals surface area contributed by atoms with Gasteiger partial charge in [0, 0.05) is 0 Å². The molecular formula is C24H12N2O10. The van der Waals surface area contributed by atoms with Crippen LogP contribution in [0.5, 0.6) is 11.5 Å². The van der Waals surface area contributed by atoms with E-state index in [1.807, 2.05) is 0 Å². The first-order valence-electron chi connectivity index (χ1n) is 10.1. The standard InChI is InChI=1S/C24H12N2O10/c27-17-3-1-9(5-15(17)23(33)34)25-19(29)11-7-13-14(8-12(11)20(25)30)22(32)26(21(13)31)10-2-4-18(28)16(6-10)24(35)36/h1-8,27-28H,(H,33,34)(H,35,36). The third-order valence-electron chi connectivity index (χ3n) is 5.83. The van der Waals surface area contributed by atoms with Crippen LogP contribution < -0.4 is 22.2 Å². The lowest BCUT2D eigenvalue weighted by Gasteiger charge is -2.04. The molecule has 12 nitrogen and oxygen atoms in total. The van der Waals surface area contributed by atoms with Crippen molar-refractivity contribution < 1.29 is 30.0 Å². The summed E-state index contributed by atoms with van der Waals surface area (Å²) in [6, 6.07) is 8.38. The van der Waals surface area contributed by atoms with E-state index in [0.717, 1.165) is 36.4 Å². The van der Waals surface area contributed by atoms with Crippen molar-refractivity contribution in [1.82, 2.24) is 9.13 Å². The summed E-state index contributed by atoms with van der Waals surface area (Å²) in [7, 11) is 0. The van der Waals surface area contributed by atoms with Crippen LogP contribution in [-0.2, 0) is 0 Å². The number of hydrogen-bond donors (Lipinski definition) is 4. The number of fused-ring (bicyclic) bond motifs is 2. The molecule has 0 amide bonds. The van der Waals surface area contributed by atoms with Gasteiger partial charge >= 0.3 is 11.9 Å². The minimum atomic E-state index is -1.48. The van der Waals surface area contributed by atoms with Crippen molar-refractivity contribution in [2.45, 2.75) is 0 Å². The highest BCUT2D eigenvalue weighted by molar-refractivity contribution is 5.99. The van der Waals surface area contributed by atoms with Crippen LogP contribution in [0.4, 0.5) is 0 Å². The van der Waals surface area contributed by atoms with Crippen molar-refractivity contribution in [1.29, 1.82) is 0 Å². The lowest BCUT2D eigenvalue weighted by Crippen LogP contribution is -2.24. The average Bonchev–Trinajstić information content (AvgIpc) is 3.22. The lowest BCUT2D eigenvalue weighted by atomic mass is 10.1. The van der Waals surface area contributed by atoms with Gasteiger partial charge in [-0.1, -0.05) is 0 Å². The van der Waals surface area contributed by atoms with Crippen LogP contribution in [0.2, 0.25) is 0 Å². The number of aromatic carboxylic acids is 2. The van der Waals surface area contributed by atoms with Crippen molar-refractivity contribution in [2.24, 2.45) is 0 Å². The van der Waals surface area contributed by atoms with E-state index >= 15 is 0 Å². The molecule has 5 rings (SSSR count). The molecule has 0 fully saturated rings. The highest BCUT2D eigenvalue weighted by Gasteiger charge is 2.22. The number of benzene rings is 3. The maximum Gasteiger partial charge on any atom is 0.339 e. The normalized spacial score (nSPS) is 11.3. The van der Waals surface area contributed by atoms with Crippen LogP contribution in [-0.4, -0.2) is 41.5 Å². The molecule has 0 atom stereocenters. The Labute approximate surface area is 197 Å². The quantitative estimate of drug-likeness (QED) is 0.280. The average molecular weight is 488 g/mol. The van der Waals surface area contributed by atoms with E-state index < -0.39 is 56.8 Å². The maximum atomic E-state index is 13.1. The Hall–Kier alpha value is -5.52. The van der Waals surface area contributed by atoms with Crippen molar-refractivity contribution in [3.8, 4) is 22.9 Å². The molecule has 2 heterocycles. The van der Waals surface area contributed by atoms with E-state index in [-0.39, 0.29) is 32.9 Å². The number of carbonyl (C=O) groups is 2. The summed E-state index contributed by atoms with van der Waals surface area (Å²) >= 11 is 0. The van der Waals surface area contributed by atoms with Gasteiger partial charge in [-0.25, -0.2) is 18.7 Å². The molecule has 0 aliphatic heterocycles. The van der Waals surface area contributed by atoms with Crippen LogP contribution in [0.3, 0.4) is 0 Å². The summed E-state index contributed by atoms with van der Waals surface area (Å²) in [5.41, 5.74) is -4.87. The zero-order chi connectivity index (χ0) is 26.0. The predicted molar refractivity (Wildman–Crippen MR) is 125 cm³/mol. The highest BCUT2D eigenvalue weighted by atomic mass is 16.4. The summed E-state index contributed by atoms with van der Waals surface area (Å²) in [5, 5.41) is 37.0. The largest absolute Gasteiger partial charge is 0.507 e. The van der Waals surface area contributed by atoms with E-state index in [4.69, 9.17) is 0 Å². The van der Waals surface area contributed by atoms with E-state index in [0.29, 0.717) is 9.13 Å². The second kappa shape index (κ2) is 7.50. The van der Waals surface area contributed by atoms with Gasteiger partial charge in [-0.3, -0.25) is 19.2 Å². The Bertz CT molecular complexity index is 1790. The fraction of sp³-hybridized carbons (Fsp3) is 0. The van der Waals surface area contributed by atoms with E-state index in [9.17, 15) is 49.2 Å². The predicted octanol–water partition coefficient (Wildman–Crippen LogP) is 0.698. The molecule has 0 saturated heterocycles. The minimum Gasteiger partial charge on any atom is -0.507 e. The summed E-state index contributed by atoms with van der Waals surface area (Å²) < 4.78 is 1.33. The van der Waals surface area contributed by atoms with E-state index in [2.05, 4.69) is 0 Å². The molecule has 0 radical (unpaired) electrons. The molecule has 2 aromatic heterocycles. The topological polar surface area (TPSA) is 193 Å². The van der Waals surface area contributed by atoms with Crippen molar-refractivity contribution in [3.05, 3.63) is 101 Å². The Kier molecular flexibility index (Phi) is 4.64. The van der Waals surface area contributed by atoms with Crippen LogP contribution in [0.1, 0.15) is 20.7 Å². The molecule has 3 aromatic carbocycles. The number of carboxylic acids is 2. The lowest BCUT2D eigenvalue weighted by molar-refractivity contribution is 0.0682. The van der Waals surface area contributed by atoms with Crippen molar-refractivity contribution in [2.75, 3.05) is 0 Å². The molecule has 0 bridgehead atoms. The van der Waals surface area contributed by atoms with Gasteiger partial charge in [0.05, 0.1) is 32.9 Å². The maximum absolute atomic E-state index is 13.1. The smallest absolute Gasteiger partial charge is 0.339 e. The first kappa shape index (κ1) is 22.3. The molecule has 36 heavy (non-hydrogen) atoms. The number of aromatic nitrogens is 2. The summed E-state index contributed by atoms with van der Waals surface area (Å²) in [6.45, 7) is 0. The minimum absolute atomic E-state index is 0.138. The Balaban J connectivity index is 1.79. The van der Waals surface area contributed by atoms with E-state index in [1.54, 1.807) is 0 Å². The van der Waals surface area contributed by atoms with E-state index in [1.165, 1.54) is 12.1 Å². The van der Waals surface area contributed by atoms with Crippen LogP contribution in [0.25, 0.3) is 32.9 Å². The van der Waals surface area contributed by atoms with Crippen molar-refractivity contribution >= 4 is 33.5 Å². The molecule has 178 valence electrons. The van der Waals surface area contributed by atoms with Gasteiger partial charge < -0.3 is 20.4 Å². The number of carboxylic acid groups (broad SMARTS) is 2. The SMILES string of the molecule is O=C(O)c1cc(-n2c(=O)c3cc4c(=O)n(-c5ccc(O)c(C(=O)O)c5)c(=O)c4cc3c2=O)ccc1O. The first-order valence-corrected chi connectivity index (χ1v) is 10.1. The zero-order valence-corrected chi connectivity index (χ0v) is 17.8. The number of hydrogen-bond acceptors (Lipinski definition) is 8. The molecule has 4 N–H and O–H groups in total. The molecular weight excluding hydrogens is 476 g/mol. The van der Waals surface area contributed by atoms with Gasteiger partial charge in [-0.2, -0.15) is 0 Å². The first-order chi connectivity index (χ1) is 17.0.